The lowest BCUT2D eigenvalue weighted by atomic mass is 9.69. The molecule has 0 spiro atoms. The van der Waals surface area contributed by atoms with Gasteiger partial charge in [0, 0.05) is 29.4 Å². The number of benzene rings is 1. The van der Waals surface area contributed by atoms with Gasteiger partial charge in [0.1, 0.15) is 5.82 Å². The highest BCUT2D eigenvalue weighted by Crippen LogP contribution is 2.47. The van der Waals surface area contributed by atoms with Crippen molar-refractivity contribution in [3.05, 3.63) is 75.2 Å². The Hall–Kier alpha value is -3.13. The number of hydrogen-bond donors (Lipinski definition) is 2. The van der Waals surface area contributed by atoms with Crippen molar-refractivity contribution >= 4 is 29.3 Å². The lowest BCUT2D eigenvalue weighted by molar-refractivity contribution is -0.118. The van der Waals surface area contributed by atoms with Crippen molar-refractivity contribution in [2.75, 3.05) is 18.2 Å². The van der Waals surface area contributed by atoms with E-state index in [1.54, 1.807) is 30.3 Å². The maximum absolute atomic E-state index is 13.3. The molecule has 2 aliphatic rings. The third-order valence-electron chi connectivity index (χ3n) is 5.70. The van der Waals surface area contributed by atoms with Gasteiger partial charge < -0.3 is 15.0 Å². The number of nitrogens with one attached hydrogen (secondary N) is 2. The zero-order valence-corrected chi connectivity index (χ0v) is 19.1. The molecule has 32 heavy (non-hydrogen) atoms. The van der Waals surface area contributed by atoms with Crippen LogP contribution in [0.1, 0.15) is 54.1 Å². The third-order valence-corrected chi connectivity index (χ3v) is 6.57. The molecule has 1 atom stereocenters. The van der Waals surface area contributed by atoms with E-state index in [9.17, 15) is 14.4 Å². The van der Waals surface area contributed by atoms with Gasteiger partial charge in [0.2, 0.25) is 0 Å². The normalized spacial score (nSPS) is 19.0. The average Bonchev–Trinajstić information content (AvgIpc) is 2.75. The standard InChI is InChI=1S/C24H25N3O4S/c1-5-10-32-23-26-20-19(21(29)27-23)17(13-6-8-14(9-7-13)22(30)31-4)18-15(25-20)11-24(2,3)12-16(18)28/h5-9,17H,1,10-12H2,2-4H3,(H2,25,26,27,29). The van der Waals surface area contributed by atoms with E-state index in [2.05, 4.69) is 35.7 Å². The number of fused-ring (bicyclic) bond motifs is 1. The number of H-pyrrole nitrogens is 1. The minimum absolute atomic E-state index is 0.0148. The van der Waals surface area contributed by atoms with Crippen LogP contribution in [0.4, 0.5) is 5.82 Å². The van der Waals surface area contributed by atoms with Crippen molar-refractivity contribution in [2.24, 2.45) is 5.41 Å². The smallest absolute Gasteiger partial charge is 0.337 e. The SMILES string of the molecule is C=CCSc1nc2c(c(=O)[nH]1)C(c1ccc(C(=O)OC)cc1)C1=C(CC(C)(C)CC1=O)N2. The predicted molar refractivity (Wildman–Crippen MR) is 124 cm³/mol. The molecule has 2 aromatic rings. The van der Waals surface area contributed by atoms with Crippen molar-refractivity contribution in [3.8, 4) is 0 Å². The van der Waals surface area contributed by atoms with Crippen LogP contribution in [0.2, 0.25) is 0 Å². The maximum Gasteiger partial charge on any atom is 0.337 e. The first-order valence-corrected chi connectivity index (χ1v) is 11.3. The number of nitrogens with zero attached hydrogens (tertiary/aromatic N) is 1. The molecule has 7 nitrogen and oxygen atoms in total. The first-order chi connectivity index (χ1) is 15.2. The summed E-state index contributed by atoms with van der Waals surface area (Å²) in [6.07, 6.45) is 2.82. The topological polar surface area (TPSA) is 101 Å². The highest BCUT2D eigenvalue weighted by Gasteiger charge is 2.42. The van der Waals surface area contributed by atoms with Gasteiger partial charge >= 0.3 is 5.97 Å². The quantitative estimate of drug-likeness (QED) is 0.306. The van der Waals surface area contributed by atoms with Crippen LogP contribution in [-0.2, 0) is 9.53 Å². The minimum Gasteiger partial charge on any atom is -0.465 e. The summed E-state index contributed by atoms with van der Waals surface area (Å²) in [5.41, 5.74) is 2.48. The molecule has 1 aliphatic heterocycles. The van der Waals surface area contributed by atoms with Crippen LogP contribution in [0.25, 0.3) is 0 Å². The second-order valence-electron chi connectivity index (χ2n) is 8.74. The van der Waals surface area contributed by atoms with Crippen LogP contribution >= 0.6 is 11.8 Å². The number of hydrogen-bond acceptors (Lipinski definition) is 7. The number of esters is 1. The van der Waals surface area contributed by atoms with E-state index in [0.29, 0.717) is 46.3 Å². The zero-order valence-electron chi connectivity index (χ0n) is 18.3. The Morgan fingerprint density at radius 2 is 2.00 bits per heavy atom. The fraction of sp³-hybridized carbons (Fsp3) is 0.333. The second-order valence-corrected chi connectivity index (χ2v) is 9.75. The molecule has 1 aromatic carbocycles. The minimum atomic E-state index is -0.564. The van der Waals surface area contributed by atoms with Crippen LogP contribution in [0.3, 0.4) is 0 Å². The number of methoxy groups -OCH3 is 1. The van der Waals surface area contributed by atoms with Gasteiger partial charge in [-0.25, -0.2) is 9.78 Å². The van der Waals surface area contributed by atoms with Crippen molar-refractivity contribution < 1.29 is 14.3 Å². The Balaban J connectivity index is 1.88. The largest absolute Gasteiger partial charge is 0.465 e. The first kappa shape index (κ1) is 22.1. The van der Waals surface area contributed by atoms with Crippen LogP contribution in [0.15, 0.2) is 58.1 Å². The maximum atomic E-state index is 13.3. The number of Topliss-reactive ketones (excluding diaryl/α,β-unsaturated/α-hetero) is 1. The molecule has 0 fully saturated rings. The summed E-state index contributed by atoms with van der Waals surface area (Å²) in [5.74, 6) is 0.0828. The van der Waals surface area contributed by atoms with E-state index < -0.39 is 11.9 Å². The number of carbonyl (C=O) groups excluding carboxylic acids is 2. The fourth-order valence-corrected chi connectivity index (χ4v) is 4.96. The highest BCUT2D eigenvalue weighted by molar-refractivity contribution is 7.99. The summed E-state index contributed by atoms with van der Waals surface area (Å²) in [5, 5.41) is 3.79. The number of ketones is 1. The molecule has 0 radical (unpaired) electrons. The lowest BCUT2D eigenvalue weighted by Gasteiger charge is -2.38. The summed E-state index contributed by atoms with van der Waals surface area (Å²) < 4.78 is 4.78. The number of ether oxygens (including phenoxy) is 1. The fourth-order valence-electron chi connectivity index (χ4n) is 4.36. The predicted octanol–water partition coefficient (Wildman–Crippen LogP) is 4.04. The second kappa shape index (κ2) is 8.43. The van der Waals surface area contributed by atoms with E-state index in [0.717, 1.165) is 11.3 Å². The molecule has 4 rings (SSSR count). The zero-order chi connectivity index (χ0) is 23.0. The Labute approximate surface area is 190 Å². The number of thioether (sulfide) groups is 1. The van der Waals surface area contributed by atoms with Crippen molar-refractivity contribution in [1.29, 1.82) is 0 Å². The summed E-state index contributed by atoms with van der Waals surface area (Å²) in [6, 6.07) is 6.83. The summed E-state index contributed by atoms with van der Waals surface area (Å²) in [4.78, 5) is 45.8. The van der Waals surface area contributed by atoms with E-state index in [1.165, 1.54) is 18.9 Å². The number of rotatable bonds is 5. The molecule has 8 heteroatoms. The van der Waals surface area contributed by atoms with E-state index in [4.69, 9.17) is 4.74 Å². The van der Waals surface area contributed by atoms with Crippen molar-refractivity contribution in [1.82, 2.24) is 9.97 Å². The molecule has 0 saturated heterocycles. The average molecular weight is 452 g/mol. The van der Waals surface area contributed by atoms with Crippen LogP contribution in [-0.4, -0.2) is 34.6 Å². The highest BCUT2D eigenvalue weighted by atomic mass is 32.2. The van der Waals surface area contributed by atoms with Gasteiger partial charge in [0.05, 0.1) is 18.2 Å². The molecule has 0 bridgehead atoms. The van der Waals surface area contributed by atoms with Gasteiger partial charge in [0.15, 0.2) is 10.9 Å². The van der Waals surface area contributed by atoms with Gasteiger partial charge in [-0.3, -0.25) is 9.59 Å². The molecule has 1 unspecified atom stereocenters. The van der Waals surface area contributed by atoms with Crippen molar-refractivity contribution in [2.45, 2.75) is 37.8 Å². The lowest BCUT2D eigenvalue weighted by Crippen LogP contribution is -2.37. The Bertz CT molecular complexity index is 1190. The van der Waals surface area contributed by atoms with Crippen LogP contribution in [0, 0.1) is 5.41 Å². The molecule has 2 heterocycles. The third kappa shape index (κ3) is 4.02. The Kier molecular flexibility index (Phi) is 5.81. The van der Waals surface area contributed by atoms with Gasteiger partial charge in [-0.2, -0.15) is 0 Å². The van der Waals surface area contributed by atoms with Gasteiger partial charge in [-0.05, 0) is 29.5 Å². The van der Waals surface area contributed by atoms with Gasteiger partial charge in [0.25, 0.3) is 5.56 Å². The summed E-state index contributed by atoms with van der Waals surface area (Å²) >= 11 is 1.38. The summed E-state index contributed by atoms with van der Waals surface area (Å²) in [7, 11) is 1.33. The van der Waals surface area contributed by atoms with Crippen LogP contribution < -0.4 is 10.9 Å². The number of carbonyl (C=O) groups is 2. The Morgan fingerprint density at radius 3 is 2.66 bits per heavy atom. The monoisotopic (exact) mass is 451 g/mol. The molecule has 166 valence electrons. The van der Waals surface area contributed by atoms with Crippen LogP contribution in [0.5, 0.6) is 0 Å². The molecular weight excluding hydrogens is 426 g/mol. The van der Waals surface area contributed by atoms with Gasteiger partial charge in [-0.15, -0.1) is 6.58 Å². The van der Waals surface area contributed by atoms with Gasteiger partial charge in [-0.1, -0.05) is 43.8 Å². The van der Waals surface area contributed by atoms with Crippen molar-refractivity contribution in [3.63, 3.8) is 0 Å². The first-order valence-electron chi connectivity index (χ1n) is 10.3. The molecular formula is C24H25N3O4S. The number of anilines is 1. The number of allylic oxidation sites excluding steroid dienone is 2. The van der Waals surface area contributed by atoms with E-state index in [-0.39, 0.29) is 16.8 Å². The molecule has 0 saturated carbocycles. The molecule has 1 aromatic heterocycles. The van der Waals surface area contributed by atoms with E-state index >= 15 is 0 Å². The molecule has 1 aliphatic carbocycles. The molecule has 0 amide bonds. The van der Waals surface area contributed by atoms with E-state index in [1.807, 2.05) is 0 Å². The summed E-state index contributed by atoms with van der Waals surface area (Å²) in [6.45, 7) is 7.82. The Morgan fingerprint density at radius 1 is 1.28 bits per heavy atom. The number of aromatic amines is 1. The number of aromatic nitrogens is 2. The molecule has 2 N–H and O–H groups in total.